The Labute approximate surface area is 148 Å². The zero-order valence-electron chi connectivity index (χ0n) is 13.9. The quantitative estimate of drug-likeness (QED) is 0.788. The number of aromatic nitrogens is 1. The van der Waals surface area contributed by atoms with E-state index in [1.807, 2.05) is 4.90 Å². The van der Waals surface area contributed by atoms with Crippen molar-refractivity contribution in [3.63, 3.8) is 0 Å². The predicted molar refractivity (Wildman–Crippen MR) is 92.9 cm³/mol. The summed E-state index contributed by atoms with van der Waals surface area (Å²) in [5.41, 5.74) is 0.369. The summed E-state index contributed by atoms with van der Waals surface area (Å²) in [4.78, 5) is 32.9. The van der Waals surface area contributed by atoms with Gasteiger partial charge in [0, 0.05) is 32.6 Å². The SMILES string of the molecule is O=C(CC1CCCC1)N1CCCN(C(=O)c2cccc(Cl)n2)CC1. The Bertz CT molecular complexity index is 602. The van der Waals surface area contributed by atoms with Crippen molar-refractivity contribution in [3.05, 3.63) is 29.0 Å². The fraction of sp³-hybridized carbons (Fsp3) is 0.611. The fourth-order valence-electron chi connectivity index (χ4n) is 3.65. The van der Waals surface area contributed by atoms with Gasteiger partial charge in [-0.3, -0.25) is 9.59 Å². The molecule has 2 aliphatic rings. The van der Waals surface area contributed by atoms with Gasteiger partial charge in [-0.2, -0.15) is 0 Å². The molecule has 5 nitrogen and oxygen atoms in total. The van der Waals surface area contributed by atoms with Crippen molar-refractivity contribution in [2.24, 2.45) is 5.92 Å². The van der Waals surface area contributed by atoms with Crippen LogP contribution in [0.15, 0.2) is 18.2 Å². The molecule has 1 aliphatic heterocycles. The average Bonchev–Trinajstić information content (AvgIpc) is 2.95. The zero-order valence-corrected chi connectivity index (χ0v) is 14.7. The van der Waals surface area contributed by atoms with Crippen LogP contribution >= 0.6 is 11.6 Å². The lowest BCUT2D eigenvalue weighted by atomic mass is 10.0. The monoisotopic (exact) mass is 349 g/mol. The minimum Gasteiger partial charge on any atom is -0.341 e. The third kappa shape index (κ3) is 4.26. The van der Waals surface area contributed by atoms with E-state index in [2.05, 4.69) is 4.98 Å². The minimum atomic E-state index is -0.109. The van der Waals surface area contributed by atoms with Crippen LogP contribution in [0.1, 0.15) is 49.0 Å². The average molecular weight is 350 g/mol. The number of hydrogen-bond acceptors (Lipinski definition) is 3. The molecule has 0 N–H and O–H groups in total. The molecule has 0 unspecified atom stereocenters. The molecule has 2 fully saturated rings. The van der Waals surface area contributed by atoms with Gasteiger partial charge in [0.15, 0.2) is 0 Å². The van der Waals surface area contributed by atoms with Gasteiger partial charge in [-0.25, -0.2) is 4.98 Å². The molecule has 2 heterocycles. The van der Waals surface area contributed by atoms with Gasteiger partial charge in [0.2, 0.25) is 5.91 Å². The highest BCUT2D eigenvalue weighted by Gasteiger charge is 2.26. The summed E-state index contributed by atoms with van der Waals surface area (Å²) < 4.78 is 0. The van der Waals surface area contributed by atoms with Crippen molar-refractivity contribution < 1.29 is 9.59 Å². The van der Waals surface area contributed by atoms with E-state index in [1.54, 1.807) is 23.1 Å². The molecule has 2 amide bonds. The van der Waals surface area contributed by atoms with Crippen molar-refractivity contribution >= 4 is 23.4 Å². The maximum Gasteiger partial charge on any atom is 0.272 e. The fourth-order valence-corrected chi connectivity index (χ4v) is 3.81. The van der Waals surface area contributed by atoms with E-state index < -0.39 is 0 Å². The third-order valence-electron chi connectivity index (χ3n) is 5.01. The second kappa shape index (κ2) is 7.97. The molecule has 1 aliphatic carbocycles. The largest absolute Gasteiger partial charge is 0.341 e. The molecule has 1 aromatic rings. The maximum absolute atomic E-state index is 12.6. The summed E-state index contributed by atoms with van der Waals surface area (Å²) in [6.07, 6.45) is 6.36. The Morgan fingerprint density at radius 2 is 1.75 bits per heavy atom. The van der Waals surface area contributed by atoms with Crippen LogP contribution in [0.3, 0.4) is 0 Å². The van der Waals surface area contributed by atoms with Crippen LogP contribution < -0.4 is 0 Å². The van der Waals surface area contributed by atoms with E-state index in [1.165, 1.54) is 25.7 Å². The Hall–Kier alpha value is -1.62. The number of rotatable bonds is 3. The van der Waals surface area contributed by atoms with Gasteiger partial charge < -0.3 is 9.80 Å². The van der Waals surface area contributed by atoms with Crippen LogP contribution in [0, 0.1) is 5.92 Å². The minimum absolute atomic E-state index is 0.109. The third-order valence-corrected chi connectivity index (χ3v) is 5.22. The van der Waals surface area contributed by atoms with Gasteiger partial charge in [0.25, 0.3) is 5.91 Å². The van der Waals surface area contributed by atoms with Gasteiger partial charge >= 0.3 is 0 Å². The highest BCUT2D eigenvalue weighted by Crippen LogP contribution is 2.28. The Balaban J connectivity index is 1.56. The topological polar surface area (TPSA) is 53.5 Å². The van der Waals surface area contributed by atoms with Crippen molar-refractivity contribution in [2.75, 3.05) is 26.2 Å². The molecule has 1 saturated carbocycles. The van der Waals surface area contributed by atoms with E-state index in [4.69, 9.17) is 11.6 Å². The van der Waals surface area contributed by atoms with E-state index >= 15 is 0 Å². The molecule has 1 saturated heterocycles. The molecule has 0 aromatic carbocycles. The van der Waals surface area contributed by atoms with Crippen molar-refractivity contribution in [1.29, 1.82) is 0 Å². The molecular formula is C18H24ClN3O2. The first-order valence-corrected chi connectivity index (χ1v) is 9.21. The zero-order chi connectivity index (χ0) is 16.9. The van der Waals surface area contributed by atoms with E-state index in [0.29, 0.717) is 42.8 Å². The first kappa shape index (κ1) is 17.2. The van der Waals surface area contributed by atoms with Gasteiger partial charge in [0.1, 0.15) is 10.8 Å². The van der Waals surface area contributed by atoms with Crippen LogP contribution in [0.25, 0.3) is 0 Å². The molecule has 24 heavy (non-hydrogen) atoms. The lowest BCUT2D eigenvalue weighted by Gasteiger charge is -2.23. The number of carbonyl (C=O) groups excluding carboxylic acids is 2. The van der Waals surface area contributed by atoms with Crippen LogP contribution in [0.5, 0.6) is 0 Å². The molecular weight excluding hydrogens is 326 g/mol. The standard InChI is InChI=1S/C18H24ClN3O2/c19-16-8-3-7-15(20-16)18(24)22-10-4-9-21(11-12-22)17(23)13-14-5-1-2-6-14/h3,7-8,14H,1-2,4-6,9-13H2. The van der Waals surface area contributed by atoms with Crippen molar-refractivity contribution in [3.8, 4) is 0 Å². The first-order chi connectivity index (χ1) is 11.6. The van der Waals surface area contributed by atoms with Crippen LogP contribution in [0.2, 0.25) is 5.15 Å². The number of halogens is 1. The number of hydrogen-bond donors (Lipinski definition) is 0. The summed E-state index contributed by atoms with van der Waals surface area (Å²) in [5.74, 6) is 0.703. The summed E-state index contributed by atoms with van der Waals surface area (Å²) in [6.45, 7) is 2.56. The van der Waals surface area contributed by atoms with E-state index in [-0.39, 0.29) is 11.8 Å². The molecule has 1 aromatic heterocycles. The predicted octanol–water partition coefficient (Wildman–Crippen LogP) is 2.99. The van der Waals surface area contributed by atoms with Crippen LogP contribution in [-0.4, -0.2) is 52.8 Å². The lowest BCUT2D eigenvalue weighted by molar-refractivity contribution is -0.132. The number of nitrogens with zero attached hydrogens (tertiary/aromatic N) is 3. The summed E-state index contributed by atoms with van der Waals surface area (Å²) in [6, 6.07) is 5.07. The van der Waals surface area contributed by atoms with Crippen LogP contribution in [-0.2, 0) is 4.79 Å². The first-order valence-electron chi connectivity index (χ1n) is 8.83. The summed E-state index contributed by atoms with van der Waals surface area (Å²) >= 11 is 5.87. The second-order valence-corrected chi connectivity index (χ2v) is 7.11. The number of amides is 2. The van der Waals surface area contributed by atoms with Gasteiger partial charge in [0.05, 0.1) is 0 Å². The highest BCUT2D eigenvalue weighted by molar-refractivity contribution is 6.29. The van der Waals surface area contributed by atoms with E-state index in [0.717, 1.165) is 13.0 Å². The van der Waals surface area contributed by atoms with Gasteiger partial charge in [-0.1, -0.05) is 30.5 Å². The molecule has 0 spiro atoms. The van der Waals surface area contributed by atoms with E-state index in [9.17, 15) is 9.59 Å². The van der Waals surface area contributed by atoms with Gasteiger partial charge in [-0.15, -0.1) is 0 Å². The smallest absolute Gasteiger partial charge is 0.272 e. The van der Waals surface area contributed by atoms with Gasteiger partial charge in [-0.05, 0) is 37.3 Å². The maximum atomic E-state index is 12.6. The summed E-state index contributed by atoms with van der Waals surface area (Å²) in [5, 5.41) is 0.323. The Morgan fingerprint density at radius 3 is 2.50 bits per heavy atom. The lowest BCUT2D eigenvalue weighted by Crippen LogP contribution is -2.38. The summed E-state index contributed by atoms with van der Waals surface area (Å²) in [7, 11) is 0. The molecule has 0 radical (unpaired) electrons. The van der Waals surface area contributed by atoms with Crippen LogP contribution in [0.4, 0.5) is 0 Å². The molecule has 3 rings (SSSR count). The Morgan fingerprint density at radius 1 is 1.04 bits per heavy atom. The van der Waals surface area contributed by atoms with Crippen molar-refractivity contribution in [1.82, 2.24) is 14.8 Å². The molecule has 0 bridgehead atoms. The normalized spacial score (nSPS) is 19.4. The molecule has 6 heteroatoms. The second-order valence-electron chi connectivity index (χ2n) is 6.73. The highest BCUT2D eigenvalue weighted by atomic mass is 35.5. The Kier molecular flexibility index (Phi) is 5.72. The van der Waals surface area contributed by atoms with Crippen molar-refractivity contribution in [2.45, 2.75) is 38.5 Å². The molecule has 0 atom stereocenters. The number of pyridine rings is 1. The molecule has 130 valence electrons. The number of carbonyl (C=O) groups is 2.